The lowest BCUT2D eigenvalue weighted by Gasteiger charge is -2.34. The van der Waals surface area contributed by atoms with Gasteiger partial charge in [0, 0.05) is 22.4 Å². The van der Waals surface area contributed by atoms with Crippen molar-refractivity contribution < 1.29 is 0 Å². The largest absolute Gasteiger partial charge is 0.310 e. The van der Waals surface area contributed by atoms with Gasteiger partial charge in [-0.15, -0.1) is 0 Å². The number of nitrogens with zero attached hydrogens (tertiary/aromatic N) is 1. The lowest BCUT2D eigenvalue weighted by atomic mass is 9.68. The number of hydrogen-bond acceptors (Lipinski definition) is 1. The minimum Gasteiger partial charge on any atom is -0.310 e. The average molecular weight is 790 g/mol. The average Bonchev–Trinajstić information content (AvgIpc) is 3.81. The smallest absolute Gasteiger partial charge is 0.0726 e. The molecule has 0 atom stereocenters. The number of rotatable bonds is 4. The van der Waals surface area contributed by atoms with Crippen LogP contribution in [0.2, 0.25) is 0 Å². The Morgan fingerprint density at radius 1 is 0.443 bits per heavy atom. The maximum atomic E-state index is 2.57. The van der Waals surface area contributed by atoms with E-state index in [4.69, 9.17) is 0 Å². The highest BCUT2D eigenvalue weighted by Crippen LogP contribution is 2.64. The topological polar surface area (TPSA) is 3.24 Å². The molecule has 0 fully saturated rings. The lowest BCUT2D eigenvalue weighted by molar-refractivity contribution is 0.586. The molecule has 7 aromatic rings. The molecule has 0 unspecified atom stereocenters. The predicted molar refractivity (Wildman–Crippen MR) is 259 cm³/mol. The highest BCUT2D eigenvalue weighted by molar-refractivity contribution is 5.97. The minimum absolute atomic E-state index is 0.00509. The van der Waals surface area contributed by atoms with Gasteiger partial charge in [-0.2, -0.15) is 0 Å². The van der Waals surface area contributed by atoms with Crippen LogP contribution >= 0.6 is 0 Å². The first kappa shape index (κ1) is 37.8. The second kappa shape index (κ2) is 13.2. The van der Waals surface area contributed by atoms with Gasteiger partial charge in [-0.1, -0.05) is 189 Å². The summed E-state index contributed by atoms with van der Waals surface area (Å²) in [4.78, 5) is 2.57. The van der Waals surface area contributed by atoms with Crippen molar-refractivity contribution >= 4 is 22.6 Å². The second-order valence-electron chi connectivity index (χ2n) is 20.5. The molecule has 0 radical (unpaired) electrons. The second-order valence-corrected chi connectivity index (χ2v) is 20.5. The summed E-state index contributed by atoms with van der Waals surface area (Å²) >= 11 is 0. The SMILES string of the molecule is CC(C)(C)c1ccc2c(c1)C1(c3ccccc3-c3ccc(N(c4ccc5c(c4)C(C)(C)c4ccccc4-5)c4ccccc4C4=CC=CCC4)cc31)c1cc(C(C)(C)C)ccc1-2. The van der Waals surface area contributed by atoms with E-state index in [1.807, 2.05) is 0 Å². The van der Waals surface area contributed by atoms with Gasteiger partial charge >= 0.3 is 0 Å². The Labute approximate surface area is 363 Å². The molecule has 1 nitrogen and oxygen atoms in total. The quantitative estimate of drug-likeness (QED) is 0.172. The van der Waals surface area contributed by atoms with E-state index in [1.54, 1.807) is 0 Å². The van der Waals surface area contributed by atoms with Crippen molar-refractivity contribution in [3.05, 3.63) is 214 Å². The Morgan fingerprint density at radius 2 is 0.902 bits per heavy atom. The highest BCUT2D eigenvalue weighted by Gasteiger charge is 2.52. The molecule has 0 bridgehead atoms. The maximum Gasteiger partial charge on any atom is 0.0726 e. The van der Waals surface area contributed by atoms with Gasteiger partial charge < -0.3 is 4.90 Å². The van der Waals surface area contributed by atoms with Crippen LogP contribution in [0.3, 0.4) is 0 Å². The minimum atomic E-state index is -0.488. The monoisotopic (exact) mass is 789 g/mol. The molecule has 61 heavy (non-hydrogen) atoms. The summed E-state index contributed by atoms with van der Waals surface area (Å²) in [5, 5.41) is 0. The third-order valence-corrected chi connectivity index (χ3v) is 14.5. The van der Waals surface area contributed by atoms with Crippen molar-refractivity contribution in [3.63, 3.8) is 0 Å². The standard InChI is InChI=1S/C60H55N/c1-57(2,3)39-26-30-47-48-31-27-40(58(4,5)6)35-54(48)60(53(47)34-39)51-24-16-13-22-45(51)49-33-29-42(37-55(49)60)61(56-25-17-14-20-43(56)38-18-10-9-11-19-38)41-28-32-46-44-21-12-15-23-50(44)59(7,8)52(46)36-41/h9-10,12-18,20-37H,11,19H2,1-8H3. The van der Waals surface area contributed by atoms with E-state index >= 15 is 0 Å². The highest BCUT2D eigenvalue weighted by atomic mass is 15.1. The molecule has 7 aromatic carbocycles. The van der Waals surface area contributed by atoms with Crippen LogP contribution in [0.4, 0.5) is 17.1 Å². The van der Waals surface area contributed by atoms with Crippen LogP contribution in [-0.2, 0) is 21.7 Å². The normalized spacial score (nSPS) is 16.0. The van der Waals surface area contributed by atoms with Crippen molar-refractivity contribution in [2.75, 3.05) is 4.90 Å². The number of anilines is 3. The van der Waals surface area contributed by atoms with Crippen LogP contribution < -0.4 is 4.90 Å². The molecule has 0 saturated carbocycles. The van der Waals surface area contributed by atoms with Crippen molar-refractivity contribution in [3.8, 4) is 33.4 Å². The van der Waals surface area contributed by atoms with Crippen LogP contribution in [0.15, 0.2) is 164 Å². The first-order valence-corrected chi connectivity index (χ1v) is 22.3. The summed E-state index contributed by atoms with van der Waals surface area (Å²) in [5.41, 5.74) is 24.7. The summed E-state index contributed by atoms with van der Waals surface area (Å²) in [6, 6.07) is 56.7. The summed E-state index contributed by atoms with van der Waals surface area (Å²) in [6.07, 6.45) is 8.92. The fourth-order valence-corrected chi connectivity index (χ4v) is 11.3. The molecule has 0 amide bonds. The van der Waals surface area contributed by atoms with E-state index in [0.717, 1.165) is 12.8 Å². The molecule has 4 aliphatic carbocycles. The number of fused-ring (bicyclic) bond motifs is 13. The molecule has 0 heterocycles. The third-order valence-electron chi connectivity index (χ3n) is 14.5. The Bertz CT molecular complexity index is 2960. The zero-order valence-corrected chi connectivity index (χ0v) is 36.9. The molecule has 4 aliphatic rings. The number of para-hydroxylation sites is 1. The molecule has 0 aromatic heterocycles. The van der Waals surface area contributed by atoms with E-state index in [0.29, 0.717) is 0 Å². The zero-order valence-electron chi connectivity index (χ0n) is 36.9. The Balaban J connectivity index is 1.21. The number of hydrogen-bond donors (Lipinski definition) is 0. The summed E-state index contributed by atoms with van der Waals surface area (Å²) < 4.78 is 0. The van der Waals surface area contributed by atoms with E-state index in [9.17, 15) is 0 Å². The van der Waals surface area contributed by atoms with E-state index in [2.05, 4.69) is 224 Å². The molecule has 0 N–H and O–H groups in total. The van der Waals surface area contributed by atoms with Crippen molar-refractivity contribution in [2.24, 2.45) is 0 Å². The Hall–Kier alpha value is -6.18. The summed E-state index contributed by atoms with van der Waals surface area (Å²) in [5.74, 6) is 0. The van der Waals surface area contributed by atoms with Crippen molar-refractivity contribution in [2.45, 2.75) is 89.9 Å². The van der Waals surface area contributed by atoms with E-state index in [1.165, 1.54) is 106 Å². The molecule has 1 spiro atoms. The summed E-state index contributed by atoms with van der Waals surface area (Å²) in [7, 11) is 0. The molecule has 1 heteroatoms. The zero-order chi connectivity index (χ0) is 42.1. The van der Waals surface area contributed by atoms with Crippen molar-refractivity contribution in [1.82, 2.24) is 0 Å². The molecule has 11 rings (SSSR count). The fourth-order valence-electron chi connectivity index (χ4n) is 11.3. The van der Waals surface area contributed by atoms with Crippen LogP contribution in [0.1, 0.15) is 118 Å². The van der Waals surface area contributed by atoms with E-state index < -0.39 is 5.41 Å². The van der Waals surface area contributed by atoms with Gasteiger partial charge in [-0.05, 0) is 137 Å². The van der Waals surface area contributed by atoms with Gasteiger partial charge in [0.05, 0.1) is 11.1 Å². The molecular weight excluding hydrogens is 735 g/mol. The summed E-state index contributed by atoms with van der Waals surface area (Å²) in [6.45, 7) is 18.9. The Morgan fingerprint density at radius 3 is 1.48 bits per heavy atom. The lowest BCUT2D eigenvalue weighted by Crippen LogP contribution is -2.27. The van der Waals surface area contributed by atoms with Gasteiger partial charge in [0.1, 0.15) is 0 Å². The molecule has 0 aliphatic heterocycles. The maximum absolute atomic E-state index is 2.57. The van der Waals surface area contributed by atoms with Gasteiger partial charge in [0.25, 0.3) is 0 Å². The first-order valence-electron chi connectivity index (χ1n) is 22.3. The first-order chi connectivity index (χ1) is 29.3. The van der Waals surface area contributed by atoms with E-state index in [-0.39, 0.29) is 16.2 Å². The molecule has 300 valence electrons. The molecular formula is C60H55N. The van der Waals surface area contributed by atoms with Crippen LogP contribution in [0.25, 0.3) is 39.0 Å². The number of allylic oxidation sites excluding steroid dienone is 4. The fraction of sp³-hybridized carbons (Fsp3) is 0.233. The number of benzene rings is 7. The van der Waals surface area contributed by atoms with Crippen LogP contribution in [-0.4, -0.2) is 0 Å². The van der Waals surface area contributed by atoms with Crippen LogP contribution in [0.5, 0.6) is 0 Å². The molecule has 0 saturated heterocycles. The van der Waals surface area contributed by atoms with Crippen LogP contribution in [0, 0.1) is 0 Å². The van der Waals surface area contributed by atoms with Gasteiger partial charge in [-0.25, -0.2) is 0 Å². The third kappa shape index (κ3) is 5.45. The van der Waals surface area contributed by atoms with Crippen molar-refractivity contribution in [1.29, 1.82) is 0 Å². The van der Waals surface area contributed by atoms with Gasteiger partial charge in [0.15, 0.2) is 0 Å². The van der Waals surface area contributed by atoms with Gasteiger partial charge in [0.2, 0.25) is 0 Å². The Kier molecular flexibility index (Phi) is 8.15. The predicted octanol–water partition coefficient (Wildman–Crippen LogP) is 16.1. The van der Waals surface area contributed by atoms with Gasteiger partial charge in [-0.3, -0.25) is 0 Å².